The summed E-state index contributed by atoms with van der Waals surface area (Å²) in [6.45, 7) is 11.6. The summed E-state index contributed by atoms with van der Waals surface area (Å²) in [7, 11) is 0. The van der Waals surface area contributed by atoms with Crippen LogP contribution >= 0.6 is 0 Å². The van der Waals surface area contributed by atoms with Gasteiger partial charge in [-0.2, -0.15) is 0 Å². The molecule has 3 unspecified atom stereocenters. The van der Waals surface area contributed by atoms with Crippen molar-refractivity contribution in [2.24, 2.45) is 28.4 Å². The van der Waals surface area contributed by atoms with Gasteiger partial charge in [-0.3, -0.25) is 4.79 Å². The predicted molar refractivity (Wildman–Crippen MR) is 86.8 cm³/mol. The molecule has 3 atom stereocenters. The van der Waals surface area contributed by atoms with Crippen molar-refractivity contribution in [3.8, 4) is 0 Å². The molecule has 0 aromatic carbocycles. The lowest BCUT2D eigenvalue weighted by Gasteiger charge is -2.46. The minimum absolute atomic E-state index is 0.0270. The second-order valence-corrected chi connectivity index (χ2v) is 8.11. The number of aliphatic hydroxyl groups is 1. The Labute approximate surface area is 129 Å². The summed E-state index contributed by atoms with van der Waals surface area (Å²) in [5.41, 5.74) is 6.13. The van der Waals surface area contributed by atoms with E-state index in [1.165, 1.54) is 0 Å². The summed E-state index contributed by atoms with van der Waals surface area (Å²) in [5.74, 6) is 0.557. The van der Waals surface area contributed by atoms with Crippen LogP contribution in [0.5, 0.6) is 0 Å². The highest BCUT2D eigenvalue weighted by molar-refractivity contribution is 5.79. The van der Waals surface area contributed by atoms with Gasteiger partial charge >= 0.3 is 0 Å². The third kappa shape index (κ3) is 4.68. The van der Waals surface area contributed by atoms with E-state index in [-0.39, 0.29) is 35.3 Å². The number of amides is 1. The van der Waals surface area contributed by atoms with Gasteiger partial charge in [0.25, 0.3) is 0 Å². The SMILES string of the molecule is CC1C(N)CCC(C(=O)NCC(C)(C)CCCO)C1(C)C. The zero-order valence-corrected chi connectivity index (χ0v) is 14.4. The molecule has 0 bridgehead atoms. The Bertz CT molecular complexity index is 353. The first-order valence-electron chi connectivity index (χ1n) is 8.26. The van der Waals surface area contributed by atoms with Gasteiger partial charge < -0.3 is 16.2 Å². The number of aliphatic hydroxyl groups excluding tert-OH is 1. The van der Waals surface area contributed by atoms with Crippen LogP contribution in [0.15, 0.2) is 0 Å². The van der Waals surface area contributed by atoms with E-state index in [0.717, 1.165) is 25.7 Å². The van der Waals surface area contributed by atoms with E-state index in [2.05, 4.69) is 39.9 Å². The number of hydrogen-bond donors (Lipinski definition) is 3. The molecular weight excluding hydrogens is 264 g/mol. The van der Waals surface area contributed by atoms with Crippen molar-refractivity contribution in [2.45, 2.75) is 66.3 Å². The van der Waals surface area contributed by atoms with Crippen LogP contribution in [0.3, 0.4) is 0 Å². The quantitative estimate of drug-likeness (QED) is 0.704. The van der Waals surface area contributed by atoms with E-state index in [1.54, 1.807) is 0 Å². The Morgan fingerprint density at radius 1 is 1.38 bits per heavy atom. The molecule has 0 saturated heterocycles. The molecule has 1 amide bonds. The van der Waals surface area contributed by atoms with Crippen LogP contribution in [0.25, 0.3) is 0 Å². The van der Waals surface area contributed by atoms with Gasteiger partial charge in [-0.05, 0) is 42.4 Å². The van der Waals surface area contributed by atoms with Gasteiger partial charge in [0.15, 0.2) is 0 Å². The average molecular weight is 298 g/mol. The maximum Gasteiger partial charge on any atom is 0.223 e. The minimum Gasteiger partial charge on any atom is -0.396 e. The van der Waals surface area contributed by atoms with Crippen molar-refractivity contribution < 1.29 is 9.90 Å². The van der Waals surface area contributed by atoms with Gasteiger partial charge in [0.05, 0.1) is 0 Å². The maximum absolute atomic E-state index is 12.6. The number of hydrogen-bond acceptors (Lipinski definition) is 3. The number of carbonyl (C=O) groups is 1. The molecule has 1 rings (SSSR count). The summed E-state index contributed by atoms with van der Waals surface area (Å²) in [4.78, 5) is 12.6. The molecular formula is C17H34N2O2. The van der Waals surface area contributed by atoms with Crippen molar-refractivity contribution in [3.63, 3.8) is 0 Å². The lowest BCUT2D eigenvalue weighted by molar-refractivity contribution is -0.133. The highest BCUT2D eigenvalue weighted by atomic mass is 16.2. The van der Waals surface area contributed by atoms with Gasteiger partial charge in [0.1, 0.15) is 0 Å². The standard InChI is InChI=1S/C17H34N2O2/c1-12-14(18)8-7-13(17(12,4)5)15(21)19-11-16(2,3)9-6-10-20/h12-14,20H,6-11,18H2,1-5H3,(H,19,21). The average Bonchev–Trinajstić information content (AvgIpc) is 2.40. The zero-order chi connectivity index (χ0) is 16.3. The number of nitrogens with two attached hydrogens (primary N) is 1. The molecule has 0 spiro atoms. The Morgan fingerprint density at radius 2 is 2.00 bits per heavy atom. The lowest BCUT2D eigenvalue weighted by Crippen LogP contribution is -2.52. The van der Waals surface area contributed by atoms with E-state index in [1.807, 2.05) is 0 Å². The Kier molecular flexibility index (Phi) is 6.23. The molecule has 4 N–H and O–H groups in total. The largest absolute Gasteiger partial charge is 0.396 e. The number of rotatable bonds is 6. The van der Waals surface area contributed by atoms with E-state index >= 15 is 0 Å². The first-order chi connectivity index (χ1) is 9.62. The predicted octanol–water partition coefficient (Wildman–Crippen LogP) is 2.30. The van der Waals surface area contributed by atoms with Crippen LogP contribution in [0.4, 0.5) is 0 Å². The number of nitrogens with one attached hydrogen (secondary N) is 1. The van der Waals surface area contributed by atoms with Crippen LogP contribution in [-0.4, -0.2) is 30.2 Å². The van der Waals surface area contributed by atoms with E-state index < -0.39 is 0 Å². The summed E-state index contributed by atoms with van der Waals surface area (Å²) in [5, 5.41) is 12.1. The molecule has 0 aliphatic heterocycles. The van der Waals surface area contributed by atoms with Gasteiger partial charge in [0.2, 0.25) is 5.91 Å². The fourth-order valence-electron chi connectivity index (χ4n) is 3.41. The van der Waals surface area contributed by atoms with E-state index in [4.69, 9.17) is 10.8 Å². The first kappa shape index (κ1) is 18.4. The Balaban J connectivity index is 2.59. The molecule has 21 heavy (non-hydrogen) atoms. The van der Waals surface area contributed by atoms with E-state index in [0.29, 0.717) is 12.5 Å². The third-order valence-electron chi connectivity index (χ3n) is 5.57. The summed E-state index contributed by atoms with van der Waals surface area (Å²) in [6.07, 6.45) is 3.50. The van der Waals surface area contributed by atoms with Crippen molar-refractivity contribution >= 4 is 5.91 Å². The fourth-order valence-corrected chi connectivity index (χ4v) is 3.41. The monoisotopic (exact) mass is 298 g/mol. The van der Waals surface area contributed by atoms with Gasteiger partial charge in [-0.1, -0.05) is 34.6 Å². The van der Waals surface area contributed by atoms with Crippen LogP contribution < -0.4 is 11.1 Å². The Morgan fingerprint density at radius 3 is 2.57 bits per heavy atom. The summed E-state index contributed by atoms with van der Waals surface area (Å²) < 4.78 is 0. The molecule has 0 aromatic heterocycles. The second-order valence-electron chi connectivity index (χ2n) is 8.11. The van der Waals surface area contributed by atoms with Crippen molar-refractivity contribution in [1.29, 1.82) is 0 Å². The second kappa shape index (κ2) is 7.10. The van der Waals surface area contributed by atoms with Crippen molar-refractivity contribution in [1.82, 2.24) is 5.32 Å². The summed E-state index contributed by atoms with van der Waals surface area (Å²) >= 11 is 0. The summed E-state index contributed by atoms with van der Waals surface area (Å²) in [6, 6.07) is 0.199. The molecule has 0 radical (unpaired) electrons. The van der Waals surface area contributed by atoms with Crippen LogP contribution in [-0.2, 0) is 4.79 Å². The molecule has 1 aliphatic carbocycles. The maximum atomic E-state index is 12.6. The van der Waals surface area contributed by atoms with Gasteiger partial charge in [-0.25, -0.2) is 0 Å². The smallest absolute Gasteiger partial charge is 0.223 e. The minimum atomic E-state index is -0.0585. The highest BCUT2D eigenvalue weighted by Crippen LogP contribution is 2.44. The first-order valence-corrected chi connectivity index (χ1v) is 8.26. The van der Waals surface area contributed by atoms with Crippen LogP contribution in [0, 0.1) is 22.7 Å². The fraction of sp³-hybridized carbons (Fsp3) is 0.941. The van der Waals surface area contributed by atoms with Gasteiger partial charge in [0, 0.05) is 25.1 Å². The molecule has 124 valence electrons. The molecule has 0 aromatic rings. The molecule has 1 saturated carbocycles. The molecule has 1 aliphatic rings. The Hall–Kier alpha value is -0.610. The topological polar surface area (TPSA) is 75.4 Å². The normalized spacial score (nSPS) is 29.2. The van der Waals surface area contributed by atoms with Crippen LogP contribution in [0.1, 0.15) is 60.3 Å². The van der Waals surface area contributed by atoms with E-state index in [9.17, 15) is 4.79 Å². The highest BCUT2D eigenvalue weighted by Gasteiger charge is 2.45. The van der Waals surface area contributed by atoms with Crippen LogP contribution in [0.2, 0.25) is 0 Å². The number of carbonyl (C=O) groups excluding carboxylic acids is 1. The molecule has 4 heteroatoms. The zero-order valence-electron chi connectivity index (χ0n) is 14.4. The van der Waals surface area contributed by atoms with Gasteiger partial charge in [-0.15, -0.1) is 0 Å². The molecule has 4 nitrogen and oxygen atoms in total. The molecule has 1 fully saturated rings. The lowest BCUT2D eigenvalue weighted by atomic mass is 9.61. The van der Waals surface area contributed by atoms with Crippen molar-refractivity contribution in [2.75, 3.05) is 13.2 Å². The van der Waals surface area contributed by atoms with Crippen molar-refractivity contribution in [3.05, 3.63) is 0 Å². The third-order valence-corrected chi connectivity index (χ3v) is 5.57. The molecule has 0 heterocycles.